The number of nitrogen functional groups attached to an aromatic ring is 1. The van der Waals surface area contributed by atoms with E-state index in [-0.39, 0.29) is 5.69 Å². The van der Waals surface area contributed by atoms with E-state index >= 15 is 0 Å². The van der Waals surface area contributed by atoms with E-state index in [4.69, 9.17) is 5.73 Å². The normalized spacial score (nSPS) is 10.2. The molecule has 0 saturated heterocycles. The highest BCUT2D eigenvalue weighted by atomic mass is 19.1. The molecule has 0 fully saturated rings. The van der Waals surface area contributed by atoms with Crippen molar-refractivity contribution in [1.29, 1.82) is 0 Å². The molecule has 0 unspecified atom stereocenters. The molecule has 0 aliphatic heterocycles. The molecule has 4 nitrogen and oxygen atoms in total. The van der Waals surface area contributed by atoms with Gasteiger partial charge in [-0.2, -0.15) is 0 Å². The van der Waals surface area contributed by atoms with Gasteiger partial charge in [0.2, 0.25) is 0 Å². The second-order valence-corrected chi connectivity index (χ2v) is 4.50. The Kier molecular flexibility index (Phi) is 4.71. The first-order valence-corrected chi connectivity index (χ1v) is 6.39. The summed E-state index contributed by atoms with van der Waals surface area (Å²) in [5, 5.41) is 4.92. The van der Waals surface area contributed by atoms with E-state index in [1.54, 1.807) is 12.1 Å². The van der Waals surface area contributed by atoms with Crippen LogP contribution in [0, 0.1) is 11.6 Å². The highest BCUT2D eigenvalue weighted by molar-refractivity contribution is 5.89. The summed E-state index contributed by atoms with van der Waals surface area (Å²) in [6.45, 7) is 0.387. The Balaban J connectivity index is 1.81. The molecule has 0 spiro atoms. The third kappa shape index (κ3) is 4.45. The van der Waals surface area contributed by atoms with E-state index in [2.05, 4.69) is 10.6 Å². The van der Waals surface area contributed by atoms with Crippen LogP contribution < -0.4 is 16.4 Å². The quantitative estimate of drug-likeness (QED) is 0.758. The van der Waals surface area contributed by atoms with Crippen LogP contribution in [0.25, 0.3) is 0 Å². The summed E-state index contributed by atoms with van der Waals surface area (Å²) in [7, 11) is 0. The first kappa shape index (κ1) is 14.8. The summed E-state index contributed by atoms with van der Waals surface area (Å²) in [6, 6.07) is 9.72. The molecular formula is C15H15F2N3O. The summed E-state index contributed by atoms with van der Waals surface area (Å²) in [6.07, 6.45) is 0.625. The molecule has 0 atom stereocenters. The third-order valence-electron chi connectivity index (χ3n) is 2.86. The Morgan fingerprint density at radius 1 is 1.10 bits per heavy atom. The lowest BCUT2D eigenvalue weighted by molar-refractivity contribution is 0.252. The predicted molar refractivity (Wildman–Crippen MR) is 77.9 cm³/mol. The van der Waals surface area contributed by atoms with Gasteiger partial charge in [0.1, 0.15) is 11.6 Å². The maximum Gasteiger partial charge on any atom is 0.319 e. The molecule has 0 bridgehead atoms. The average Bonchev–Trinajstić information content (AvgIpc) is 2.44. The smallest absolute Gasteiger partial charge is 0.319 e. The SMILES string of the molecule is Nc1ccc(CCNC(=O)Nc2ccc(F)cc2F)cc1. The second-order valence-electron chi connectivity index (χ2n) is 4.50. The van der Waals surface area contributed by atoms with Crippen LogP contribution in [0.3, 0.4) is 0 Å². The number of nitrogens with two attached hydrogens (primary N) is 1. The van der Waals surface area contributed by atoms with Crippen LogP contribution in [0.2, 0.25) is 0 Å². The highest BCUT2D eigenvalue weighted by Gasteiger charge is 2.07. The first-order valence-electron chi connectivity index (χ1n) is 6.39. The van der Waals surface area contributed by atoms with Crippen molar-refractivity contribution < 1.29 is 13.6 Å². The fraction of sp³-hybridized carbons (Fsp3) is 0.133. The third-order valence-corrected chi connectivity index (χ3v) is 2.86. The lowest BCUT2D eigenvalue weighted by Crippen LogP contribution is -2.30. The molecule has 4 N–H and O–H groups in total. The molecule has 2 amide bonds. The number of rotatable bonds is 4. The Bertz CT molecular complexity index is 629. The minimum Gasteiger partial charge on any atom is -0.399 e. The van der Waals surface area contributed by atoms with Crippen LogP contribution in [-0.4, -0.2) is 12.6 Å². The van der Waals surface area contributed by atoms with Crippen LogP contribution in [0.1, 0.15) is 5.56 Å². The zero-order chi connectivity index (χ0) is 15.2. The average molecular weight is 291 g/mol. The molecule has 6 heteroatoms. The molecule has 21 heavy (non-hydrogen) atoms. The van der Waals surface area contributed by atoms with Gasteiger partial charge in [-0.25, -0.2) is 13.6 Å². The van der Waals surface area contributed by atoms with E-state index in [0.717, 1.165) is 11.6 Å². The molecule has 0 aliphatic carbocycles. The van der Waals surface area contributed by atoms with Crippen molar-refractivity contribution in [3.8, 4) is 0 Å². The topological polar surface area (TPSA) is 67.1 Å². The number of hydrogen-bond acceptors (Lipinski definition) is 2. The number of urea groups is 1. The molecule has 0 aliphatic rings. The fourth-order valence-electron chi connectivity index (χ4n) is 1.76. The summed E-state index contributed by atoms with van der Waals surface area (Å²) in [5.41, 5.74) is 7.21. The number of carbonyl (C=O) groups excluding carboxylic acids is 1. The molecule has 110 valence electrons. The van der Waals surface area contributed by atoms with Crippen LogP contribution in [0.4, 0.5) is 25.0 Å². The Morgan fingerprint density at radius 2 is 1.81 bits per heavy atom. The summed E-state index contributed by atoms with van der Waals surface area (Å²) < 4.78 is 26.1. The van der Waals surface area contributed by atoms with Gasteiger partial charge in [-0.05, 0) is 36.2 Å². The first-order chi connectivity index (χ1) is 10.0. The summed E-state index contributed by atoms with van der Waals surface area (Å²) in [5.74, 6) is -1.51. The van der Waals surface area contributed by atoms with E-state index in [1.807, 2.05) is 12.1 Å². The molecule has 0 heterocycles. The van der Waals surface area contributed by atoms with Gasteiger partial charge >= 0.3 is 6.03 Å². The Hall–Kier alpha value is -2.63. The van der Waals surface area contributed by atoms with E-state index in [1.165, 1.54) is 6.07 Å². The number of anilines is 2. The molecule has 0 saturated carbocycles. The van der Waals surface area contributed by atoms with E-state index in [0.29, 0.717) is 24.7 Å². The predicted octanol–water partition coefficient (Wildman–Crippen LogP) is 2.91. The second kappa shape index (κ2) is 6.69. The lowest BCUT2D eigenvalue weighted by atomic mass is 10.1. The highest BCUT2D eigenvalue weighted by Crippen LogP contribution is 2.14. The maximum atomic E-state index is 13.3. The maximum absolute atomic E-state index is 13.3. The zero-order valence-corrected chi connectivity index (χ0v) is 11.2. The number of halogens is 2. The van der Waals surface area contributed by atoms with Gasteiger partial charge < -0.3 is 16.4 Å². The van der Waals surface area contributed by atoms with Gasteiger partial charge in [0.05, 0.1) is 5.69 Å². The van der Waals surface area contributed by atoms with Crippen molar-refractivity contribution in [2.24, 2.45) is 0 Å². The number of hydrogen-bond donors (Lipinski definition) is 3. The Morgan fingerprint density at radius 3 is 2.48 bits per heavy atom. The van der Waals surface area contributed by atoms with Gasteiger partial charge in [0, 0.05) is 18.3 Å². The van der Waals surface area contributed by atoms with Crippen molar-refractivity contribution >= 4 is 17.4 Å². The van der Waals surface area contributed by atoms with Crippen molar-refractivity contribution in [3.63, 3.8) is 0 Å². The largest absolute Gasteiger partial charge is 0.399 e. The molecule has 2 rings (SSSR count). The number of amides is 2. The number of nitrogens with one attached hydrogen (secondary N) is 2. The van der Waals surface area contributed by atoms with Crippen LogP contribution in [0.5, 0.6) is 0 Å². The summed E-state index contributed by atoms with van der Waals surface area (Å²) in [4.78, 5) is 11.6. The molecule has 2 aromatic carbocycles. The van der Waals surface area contributed by atoms with E-state index < -0.39 is 17.7 Å². The van der Waals surface area contributed by atoms with Crippen molar-refractivity contribution in [3.05, 3.63) is 59.7 Å². The Labute approximate surface area is 121 Å². The molecule has 2 aromatic rings. The van der Waals surface area contributed by atoms with Gasteiger partial charge in [0.25, 0.3) is 0 Å². The minimum absolute atomic E-state index is 0.0682. The molecular weight excluding hydrogens is 276 g/mol. The van der Waals surface area contributed by atoms with Gasteiger partial charge in [-0.3, -0.25) is 0 Å². The van der Waals surface area contributed by atoms with Crippen molar-refractivity contribution in [2.45, 2.75) is 6.42 Å². The molecule has 0 aromatic heterocycles. The van der Waals surface area contributed by atoms with Crippen LogP contribution >= 0.6 is 0 Å². The van der Waals surface area contributed by atoms with Crippen molar-refractivity contribution in [2.75, 3.05) is 17.6 Å². The van der Waals surface area contributed by atoms with Gasteiger partial charge in [0.15, 0.2) is 0 Å². The van der Waals surface area contributed by atoms with Gasteiger partial charge in [-0.15, -0.1) is 0 Å². The standard InChI is InChI=1S/C15H15F2N3O/c16-11-3-6-14(13(17)9-11)20-15(21)19-8-7-10-1-4-12(18)5-2-10/h1-6,9H,7-8,18H2,(H2,19,20,21). The minimum atomic E-state index is -0.816. The number of carbonyl (C=O) groups is 1. The number of benzene rings is 2. The van der Waals surface area contributed by atoms with Crippen LogP contribution in [-0.2, 0) is 6.42 Å². The fourth-order valence-corrected chi connectivity index (χ4v) is 1.76. The van der Waals surface area contributed by atoms with Gasteiger partial charge in [-0.1, -0.05) is 12.1 Å². The lowest BCUT2D eigenvalue weighted by Gasteiger charge is -2.08. The zero-order valence-electron chi connectivity index (χ0n) is 11.2. The monoisotopic (exact) mass is 291 g/mol. The van der Waals surface area contributed by atoms with Crippen LogP contribution in [0.15, 0.2) is 42.5 Å². The van der Waals surface area contributed by atoms with E-state index in [9.17, 15) is 13.6 Å². The summed E-state index contributed by atoms with van der Waals surface area (Å²) >= 11 is 0. The molecule has 0 radical (unpaired) electrons. The van der Waals surface area contributed by atoms with Crippen molar-refractivity contribution in [1.82, 2.24) is 5.32 Å².